The molecule has 4 N–H and O–H groups in total. The predicted molar refractivity (Wildman–Crippen MR) is 116 cm³/mol. The third kappa shape index (κ3) is 4.16. The van der Waals surface area contributed by atoms with Crippen molar-refractivity contribution in [3.8, 4) is 0 Å². The molecule has 4 rings (SSSR count). The van der Waals surface area contributed by atoms with E-state index < -0.39 is 23.8 Å². The fourth-order valence-corrected chi connectivity index (χ4v) is 5.72. The highest BCUT2D eigenvalue weighted by Gasteiger charge is 2.48. The van der Waals surface area contributed by atoms with Crippen LogP contribution in [0.4, 0.5) is 5.13 Å². The Morgan fingerprint density at radius 1 is 1.44 bits per heavy atom. The van der Waals surface area contributed by atoms with Crippen LogP contribution in [0.25, 0.3) is 0 Å². The molecule has 1 atom stereocenters. The number of nitrogen functional groups attached to an aromatic ring is 1. The van der Waals surface area contributed by atoms with Crippen LogP contribution < -0.4 is 11.1 Å². The zero-order valence-electron chi connectivity index (χ0n) is 16.6. The molecule has 1 saturated heterocycles. The highest BCUT2D eigenvalue weighted by molar-refractivity contribution is 8.04. The van der Waals surface area contributed by atoms with Crippen molar-refractivity contribution in [2.75, 3.05) is 25.9 Å². The van der Waals surface area contributed by atoms with Crippen molar-refractivity contribution in [2.24, 2.45) is 5.16 Å². The number of nitrogens with one attached hydrogen (secondary N) is 1. The molecule has 0 unspecified atom stereocenters. The van der Waals surface area contributed by atoms with Gasteiger partial charge in [0.15, 0.2) is 20.9 Å². The van der Waals surface area contributed by atoms with Crippen LogP contribution in [-0.2, 0) is 19.2 Å². The first-order valence-electron chi connectivity index (χ1n) is 8.95. The van der Waals surface area contributed by atoms with Crippen LogP contribution in [0.1, 0.15) is 10.7 Å². The van der Waals surface area contributed by atoms with Gasteiger partial charge in [0.2, 0.25) is 0 Å². The molecule has 13 nitrogen and oxygen atoms in total. The van der Waals surface area contributed by atoms with Gasteiger partial charge < -0.3 is 21.0 Å². The minimum Gasteiger partial charge on any atom is -0.476 e. The molecular formula is C16H16N8O5S3. The number of carbonyl (C=O) groups is 3. The van der Waals surface area contributed by atoms with Gasteiger partial charge in [-0.2, -0.15) is 0 Å². The number of aryl methyl sites for hydroxylation is 1. The Morgan fingerprint density at radius 2 is 2.22 bits per heavy atom. The number of anilines is 1. The first-order valence-corrected chi connectivity index (χ1v) is 11.5. The van der Waals surface area contributed by atoms with Crippen LogP contribution in [0, 0.1) is 6.92 Å². The highest BCUT2D eigenvalue weighted by atomic mass is 32.2. The van der Waals surface area contributed by atoms with Gasteiger partial charge in [-0.3, -0.25) is 9.59 Å². The Hall–Kier alpha value is -3.08. The summed E-state index contributed by atoms with van der Waals surface area (Å²) in [5.74, 6) is -2.52. The zero-order valence-corrected chi connectivity index (χ0v) is 19.1. The third-order valence-electron chi connectivity index (χ3n) is 4.37. The van der Waals surface area contributed by atoms with E-state index in [0.717, 1.165) is 33.1 Å². The highest BCUT2D eigenvalue weighted by Crippen LogP contribution is 2.39. The van der Waals surface area contributed by atoms with Crippen molar-refractivity contribution < 1.29 is 24.3 Å². The number of thiazole rings is 1. The number of rotatable bonds is 7. The molecule has 2 aromatic heterocycles. The lowest BCUT2D eigenvalue weighted by molar-refractivity contribution is -0.143. The molecule has 0 saturated carbocycles. The van der Waals surface area contributed by atoms with E-state index in [1.54, 1.807) is 11.9 Å². The molecule has 4 heterocycles. The number of fused-ring (bicyclic) bond motifs is 1. The molecule has 0 aromatic carbocycles. The molecule has 32 heavy (non-hydrogen) atoms. The molecule has 0 spiro atoms. The first kappa shape index (κ1) is 22.1. The lowest BCUT2D eigenvalue weighted by atomic mass is 10.2. The number of aromatic nitrogens is 3. The van der Waals surface area contributed by atoms with E-state index in [4.69, 9.17) is 10.6 Å². The van der Waals surface area contributed by atoms with Crippen LogP contribution in [-0.4, -0.2) is 80.0 Å². The van der Waals surface area contributed by atoms with Gasteiger partial charge in [-0.1, -0.05) is 28.3 Å². The van der Waals surface area contributed by atoms with Crippen molar-refractivity contribution in [3.05, 3.63) is 26.7 Å². The summed E-state index contributed by atoms with van der Waals surface area (Å²) in [6, 6.07) is -0.981. The second-order valence-corrected chi connectivity index (χ2v) is 9.90. The number of aliphatic carboxylic acids is 1. The van der Waals surface area contributed by atoms with Gasteiger partial charge in [-0.05, 0) is 6.92 Å². The molecule has 1 fully saturated rings. The summed E-state index contributed by atoms with van der Waals surface area (Å²) >= 11 is 3.61. The maximum atomic E-state index is 13.0. The van der Waals surface area contributed by atoms with Crippen LogP contribution in [0.15, 0.2) is 25.5 Å². The summed E-state index contributed by atoms with van der Waals surface area (Å²) in [6.07, 6.45) is 0. The number of nitrogens with zero attached hydrogens (tertiary/aromatic N) is 6. The predicted octanol–water partition coefficient (Wildman–Crippen LogP) is -0.118. The Bertz CT molecular complexity index is 1160. The van der Waals surface area contributed by atoms with Crippen LogP contribution in [0.2, 0.25) is 0 Å². The second kappa shape index (κ2) is 8.81. The van der Waals surface area contributed by atoms with Crippen molar-refractivity contribution in [3.63, 3.8) is 0 Å². The quantitative estimate of drug-likeness (QED) is 0.344. The molecule has 2 aliphatic rings. The topological polar surface area (TPSA) is 176 Å². The summed E-state index contributed by atoms with van der Waals surface area (Å²) in [6.45, 7) is 2.06. The summed E-state index contributed by atoms with van der Waals surface area (Å²) in [5.41, 5.74) is 5.51. The average molecular weight is 497 g/mol. The van der Waals surface area contributed by atoms with E-state index in [1.807, 2.05) is 0 Å². The fraction of sp³-hybridized carbons (Fsp3) is 0.312. The number of carboxylic acids is 1. The molecule has 0 aliphatic carbocycles. The third-order valence-corrected chi connectivity index (χ3v) is 7.01. The Kier molecular flexibility index (Phi) is 6.09. The van der Waals surface area contributed by atoms with Crippen LogP contribution >= 0.6 is 34.4 Å². The summed E-state index contributed by atoms with van der Waals surface area (Å²) in [5, 5.41) is 29.1. The number of thioether (sulfide) groups is 1. The lowest BCUT2D eigenvalue weighted by Gasteiger charge is -2.18. The second-order valence-electron chi connectivity index (χ2n) is 6.48. The van der Waals surface area contributed by atoms with Crippen molar-refractivity contribution in [2.45, 2.75) is 17.3 Å². The Labute approximate surface area is 192 Å². The molecular weight excluding hydrogens is 480 g/mol. The number of amides is 2. The minimum atomic E-state index is -1.25. The molecule has 168 valence electrons. The molecule has 0 radical (unpaired) electrons. The van der Waals surface area contributed by atoms with E-state index in [0.29, 0.717) is 9.24 Å². The lowest BCUT2D eigenvalue weighted by Crippen LogP contribution is -2.46. The van der Waals surface area contributed by atoms with E-state index in [9.17, 15) is 19.5 Å². The summed E-state index contributed by atoms with van der Waals surface area (Å²) in [7, 11) is 1.27. The number of hydrazine groups is 1. The molecule has 2 amide bonds. The summed E-state index contributed by atoms with van der Waals surface area (Å²) in [4.78, 5) is 46.9. The monoisotopic (exact) mass is 496 g/mol. The average Bonchev–Trinajstić information content (AvgIpc) is 3.48. The molecule has 2 aromatic rings. The van der Waals surface area contributed by atoms with Crippen molar-refractivity contribution in [1.82, 2.24) is 30.5 Å². The van der Waals surface area contributed by atoms with Gasteiger partial charge >= 0.3 is 5.97 Å². The van der Waals surface area contributed by atoms with Gasteiger partial charge in [-0.15, -0.1) is 21.5 Å². The standard InChI is InChI=1S/C16H16N8O5S3/c1-6-20-21-16(31-6)32-9-4-23-3-7(13(26)24(23)11(9)14(27)28)18-12(25)10(22-29-2)8-5-30-15(17)19-8/h5,7H,3-4H2,1-2H3,(H2,17,19)(H,18,25)(H,27,28)/b22-10-/t7-/m0/s1. The van der Waals surface area contributed by atoms with E-state index >= 15 is 0 Å². The number of nitrogens with two attached hydrogens (primary N) is 1. The molecule has 2 aliphatic heterocycles. The van der Waals surface area contributed by atoms with Crippen molar-refractivity contribution in [1.29, 1.82) is 0 Å². The van der Waals surface area contributed by atoms with E-state index in [2.05, 4.69) is 25.7 Å². The van der Waals surface area contributed by atoms with Gasteiger partial charge in [0.1, 0.15) is 23.9 Å². The fourth-order valence-electron chi connectivity index (χ4n) is 3.14. The van der Waals surface area contributed by atoms with E-state index in [-0.39, 0.29) is 35.3 Å². The minimum absolute atomic E-state index is 0.0834. The Morgan fingerprint density at radius 3 is 2.81 bits per heavy atom. The maximum Gasteiger partial charge on any atom is 0.355 e. The number of hydrogen-bond acceptors (Lipinski definition) is 13. The van der Waals surface area contributed by atoms with Gasteiger partial charge in [0.05, 0.1) is 6.54 Å². The van der Waals surface area contributed by atoms with Gasteiger partial charge in [0.25, 0.3) is 11.8 Å². The SMILES string of the molecule is CO/N=C(\C(=O)N[C@H]1CN2CC(Sc3nnc(C)s3)=C(C(=O)O)N2C1=O)c1csc(N)n1. The van der Waals surface area contributed by atoms with Crippen LogP contribution in [0.3, 0.4) is 0 Å². The number of hydrogen-bond donors (Lipinski definition) is 3. The first-order chi connectivity index (χ1) is 15.3. The summed E-state index contributed by atoms with van der Waals surface area (Å²) < 4.78 is 0.582. The van der Waals surface area contributed by atoms with Gasteiger partial charge in [0, 0.05) is 16.8 Å². The largest absolute Gasteiger partial charge is 0.476 e. The van der Waals surface area contributed by atoms with E-state index in [1.165, 1.54) is 23.8 Å². The molecule has 0 bridgehead atoms. The zero-order chi connectivity index (χ0) is 23.0. The maximum absolute atomic E-state index is 13.0. The normalized spacial score (nSPS) is 18.9. The smallest absolute Gasteiger partial charge is 0.355 e. The molecule has 16 heteroatoms. The Balaban J connectivity index is 1.53. The van der Waals surface area contributed by atoms with Gasteiger partial charge in [-0.25, -0.2) is 19.8 Å². The number of carboxylic acid groups (broad SMARTS) is 1. The number of oxime groups is 1. The number of carbonyl (C=O) groups excluding carboxylic acids is 2. The van der Waals surface area contributed by atoms with Crippen molar-refractivity contribution >= 4 is 63.1 Å². The van der Waals surface area contributed by atoms with Crippen LogP contribution in [0.5, 0.6) is 0 Å².